The van der Waals surface area contributed by atoms with Crippen molar-refractivity contribution in [2.45, 2.75) is 46.1 Å². The summed E-state index contributed by atoms with van der Waals surface area (Å²) in [7, 11) is 0. The number of hydrogen-bond donors (Lipinski definition) is 1. The Morgan fingerprint density at radius 3 is 2.35 bits per heavy atom. The molecule has 136 valence electrons. The average Bonchev–Trinajstić information content (AvgIpc) is 2.77. The minimum Gasteiger partial charge on any atom is -0.375 e. The SMILES string of the molecule is CCCN1C(=O)[C@](O)(CC(=O)c2c(C)cc(C)cc2C)c2ccccc21. The second-order valence-electron chi connectivity index (χ2n) is 7.21. The molecule has 0 fully saturated rings. The van der Waals surface area contributed by atoms with Crippen LogP contribution in [-0.4, -0.2) is 23.3 Å². The van der Waals surface area contributed by atoms with Crippen LogP contribution in [-0.2, 0) is 10.4 Å². The summed E-state index contributed by atoms with van der Waals surface area (Å²) in [4.78, 5) is 27.6. The number of nitrogens with zero attached hydrogens (tertiary/aromatic N) is 1. The van der Waals surface area contributed by atoms with E-state index in [0.717, 1.165) is 23.1 Å². The Balaban J connectivity index is 2.02. The maximum atomic E-state index is 13.0. The predicted octanol–water partition coefficient (Wildman–Crippen LogP) is 3.83. The molecule has 26 heavy (non-hydrogen) atoms. The third-order valence-corrected chi connectivity index (χ3v) is 5.06. The van der Waals surface area contributed by atoms with Gasteiger partial charge in [0.25, 0.3) is 5.91 Å². The van der Waals surface area contributed by atoms with Crippen molar-refractivity contribution in [3.63, 3.8) is 0 Å². The molecular weight excluding hydrogens is 326 g/mol. The first-order chi connectivity index (χ1) is 12.3. The number of ketones is 1. The van der Waals surface area contributed by atoms with Crippen molar-refractivity contribution >= 4 is 17.4 Å². The van der Waals surface area contributed by atoms with Gasteiger partial charge in [-0.1, -0.05) is 42.8 Å². The summed E-state index contributed by atoms with van der Waals surface area (Å²) in [6.45, 7) is 8.28. The first-order valence-corrected chi connectivity index (χ1v) is 9.04. The lowest BCUT2D eigenvalue weighted by molar-refractivity contribution is -0.135. The first-order valence-electron chi connectivity index (χ1n) is 9.04. The van der Waals surface area contributed by atoms with Crippen LogP contribution in [0.2, 0.25) is 0 Å². The molecule has 0 aliphatic carbocycles. The second kappa shape index (κ2) is 6.69. The van der Waals surface area contributed by atoms with E-state index in [1.54, 1.807) is 17.0 Å². The van der Waals surface area contributed by atoms with E-state index in [-0.39, 0.29) is 12.2 Å². The molecule has 2 aromatic carbocycles. The third-order valence-electron chi connectivity index (χ3n) is 5.06. The minimum atomic E-state index is -1.80. The van der Waals surface area contributed by atoms with Gasteiger partial charge >= 0.3 is 0 Å². The van der Waals surface area contributed by atoms with Gasteiger partial charge in [-0.25, -0.2) is 0 Å². The van der Waals surface area contributed by atoms with Gasteiger partial charge in [0.05, 0.1) is 12.1 Å². The molecular formula is C22H25NO3. The zero-order valence-corrected chi connectivity index (χ0v) is 15.8. The summed E-state index contributed by atoms with van der Waals surface area (Å²) < 4.78 is 0. The normalized spacial score (nSPS) is 19.0. The van der Waals surface area contributed by atoms with Crippen LogP contribution in [0.5, 0.6) is 0 Å². The van der Waals surface area contributed by atoms with Crippen LogP contribution in [0.15, 0.2) is 36.4 Å². The average molecular weight is 351 g/mol. The summed E-state index contributed by atoms with van der Waals surface area (Å²) in [5.41, 5.74) is 2.86. The van der Waals surface area contributed by atoms with E-state index >= 15 is 0 Å². The number of hydrogen-bond acceptors (Lipinski definition) is 3. The topological polar surface area (TPSA) is 57.6 Å². The fraction of sp³-hybridized carbons (Fsp3) is 0.364. The molecule has 1 atom stereocenters. The fourth-order valence-corrected chi connectivity index (χ4v) is 4.06. The number of amides is 1. The lowest BCUT2D eigenvalue weighted by Crippen LogP contribution is -2.42. The van der Waals surface area contributed by atoms with E-state index in [0.29, 0.717) is 23.4 Å². The standard InChI is InChI=1S/C22H25NO3/c1-5-10-23-18-9-7-6-8-17(18)22(26,21(23)25)13-19(24)20-15(3)11-14(2)12-16(20)4/h6-9,11-12,26H,5,10,13H2,1-4H3/t22-/m0/s1. The molecule has 3 rings (SSSR count). The third kappa shape index (κ3) is 2.84. The molecule has 1 aliphatic heterocycles. The maximum absolute atomic E-state index is 13.0. The molecule has 4 nitrogen and oxygen atoms in total. The van der Waals surface area contributed by atoms with Gasteiger partial charge in [0.15, 0.2) is 11.4 Å². The smallest absolute Gasteiger partial charge is 0.264 e. The number of aryl methyl sites for hydroxylation is 3. The molecule has 0 radical (unpaired) electrons. The van der Waals surface area contributed by atoms with Crippen LogP contribution in [0.3, 0.4) is 0 Å². The van der Waals surface area contributed by atoms with E-state index in [2.05, 4.69) is 0 Å². The molecule has 1 amide bonds. The zero-order valence-electron chi connectivity index (χ0n) is 15.8. The van der Waals surface area contributed by atoms with Crippen molar-refractivity contribution in [1.29, 1.82) is 0 Å². The van der Waals surface area contributed by atoms with Gasteiger partial charge in [0, 0.05) is 17.7 Å². The molecule has 1 heterocycles. The van der Waals surface area contributed by atoms with Gasteiger partial charge in [0.2, 0.25) is 0 Å². The van der Waals surface area contributed by atoms with Crippen molar-refractivity contribution in [2.75, 3.05) is 11.4 Å². The van der Waals surface area contributed by atoms with Crippen molar-refractivity contribution in [3.05, 3.63) is 64.2 Å². The highest BCUT2D eigenvalue weighted by molar-refractivity contribution is 6.11. The van der Waals surface area contributed by atoms with Crippen LogP contribution < -0.4 is 4.90 Å². The highest BCUT2D eigenvalue weighted by atomic mass is 16.3. The van der Waals surface area contributed by atoms with Gasteiger partial charge in [0.1, 0.15) is 0 Å². The highest BCUT2D eigenvalue weighted by Gasteiger charge is 2.50. The Hall–Kier alpha value is -2.46. The van der Waals surface area contributed by atoms with E-state index in [1.165, 1.54) is 0 Å². The predicted molar refractivity (Wildman–Crippen MR) is 103 cm³/mol. The summed E-state index contributed by atoms with van der Waals surface area (Å²) >= 11 is 0. The van der Waals surface area contributed by atoms with Gasteiger partial charge in [-0.2, -0.15) is 0 Å². The number of anilines is 1. The molecule has 1 aliphatic rings. The number of para-hydroxylation sites is 1. The van der Waals surface area contributed by atoms with E-state index in [4.69, 9.17) is 0 Å². The Labute approximate surface area is 154 Å². The Bertz CT molecular complexity index is 864. The number of Topliss-reactive ketones (excluding diaryl/α,β-unsaturated/α-hetero) is 1. The van der Waals surface area contributed by atoms with E-state index in [1.807, 2.05) is 52.0 Å². The van der Waals surface area contributed by atoms with Crippen LogP contribution >= 0.6 is 0 Å². The van der Waals surface area contributed by atoms with Crippen molar-refractivity contribution in [1.82, 2.24) is 0 Å². The van der Waals surface area contributed by atoms with E-state index < -0.39 is 11.5 Å². The monoisotopic (exact) mass is 351 g/mol. The molecule has 0 spiro atoms. The lowest BCUT2D eigenvalue weighted by atomic mass is 9.85. The van der Waals surface area contributed by atoms with Gasteiger partial charge in [-0.3, -0.25) is 9.59 Å². The van der Waals surface area contributed by atoms with Crippen molar-refractivity contribution < 1.29 is 14.7 Å². The molecule has 1 N–H and O–H groups in total. The first kappa shape index (κ1) is 18.3. The molecule has 0 unspecified atom stereocenters. The molecule has 0 saturated carbocycles. The molecule has 2 aromatic rings. The number of aliphatic hydroxyl groups is 1. The number of benzene rings is 2. The molecule has 4 heteroatoms. The minimum absolute atomic E-state index is 0.205. The summed E-state index contributed by atoms with van der Waals surface area (Å²) in [5, 5.41) is 11.3. The number of rotatable bonds is 5. The van der Waals surface area contributed by atoms with Crippen LogP contribution in [0.25, 0.3) is 0 Å². The number of carbonyl (C=O) groups excluding carboxylic acids is 2. The van der Waals surface area contributed by atoms with Gasteiger partial charge in [-0.15, -0.1) is 0 Å². The van der Waals surface area contributed by atoms with E-state index in [9.17, 15) is 14.7 Å². The Morgan fingerprint density at radius 1 is 1.12 bits per heavy atom. The lowest BCUT2D eigenvalue weighted by Gasteiger charge is -2.23. The number of fused-ring (bicyclic) bond motifs is 1. The van der Waals surface area contributed by atoms with Gasteiger partial charge in [-0.05, 0) is 44.4 Å². The summed E-state index contributed by atoms with van der Waals surface area (Å²) in [6.07, 6.45) is 0.536. The second-order valence-corrected chi connectivity index (χ2v) is 7.21. The number of carbonyl (C=O) groups is 2. The molecule has 0 aromatic heterocycles. The van der Waals surface area contributed by atoms with Crippen LogP contribution in [0.1, 0.15) is 52.4 Å². The molecule has 0 bridgehead atoms. The quantitative estimate of drug-likeness (QED) is 0.833. The van der Waals surface area contributed by atoms with Crippen molar-refractivity contribution in [2.24, 2.45) is 0 Å². The van der Waals surface area contributed by atoms with Crippen LogP contribution in [0, 0.1) is 20.8 Å². The van der Waals surface area contributed by atoms with Crippen molar-refractivity contribution in [3.8, 4) is 0 Å². The fourth-order valence-electron chi connectivity index (χ4n) is 4.06. The van der Waals surface area contributed by atoms with Crippen LogP contribution in [0.4, 0.5) is 5.69 Å². The summed E-state index contributed by atoms with van der Waals surface area (Å²) in [6, 6.07) is 11.1. The Kier molecular flexibility index (Phi) is 4.72. The van der Waals surface area contributed by atoms with Gasteiger partial charge < -0.3 is 10.0 Å². The summed E-state index contributed by atoms with van der Waals surface area (Å²) in [5.74, 6) is -0.611. The Morgan fingerprint density at radius 2 is 1.73 bits per heavy atom. The molecule has 0 saturated heterocycles. The highest BCUT2D eigenvalue weighted by Crippen LogP contribution is 2.43. The maximum Gasteiger partial charge on any atom is 0.264 e. The largest absolute Gasteiger partial charge is 0.375 e. The zero-order chi connectivity index (χ0) is 19.1.